The van der Waals surface area contributed by atoms with Crippen molar-refractivity contribution in [3.8, 4) is 27.9 Å². The van der Waals surface area contributed by atoms with E-state index in [9.17, 15) is 0 Å². The minimum absolute atomic E-state index is 1.17. The summed E-state index contributed by atoms with van der Waals surface area (Å²) in [6, 6.07) is 57.7. The van der Waals surface area contributed by atoms with E-state index in [2.05, 4.69) is 167 Å². The Hall–Kier alpha value is -5.86. The first kappa shape index (κ1) is 23.7. The van der Waals surface area contributed by atoms with Gasteiger partial charge in [-0.1, -0.05) is 121 Å². The summed E-state index contributed by atoms with van der Waals surface area (Å²) in [6.45, 7) is 0. The fourth-order valence-electron chi connectivity index (χ4n) is 7.49. The lowest BCUT2D eigenvalue weighted by atomic mass is 10.0. The van der Waals surface area contributed by atoms with Crippen molar-refractivity contribution in [2.75, 3.05) is 0 Å². The predicted octanol–water partition coefficient (Wildman–Crippen LogP) is 11.3. The topological polar surface area (TPSA) is 9.34 Å². The first-order valence-corrected chi connectivity index (χ1v) is 15.2. The molecule has 0 N–H and O–H groups in total. The Morgan fingerprint density at radius 1 is 0.295 bits per heavy atom. The van der Waals surface area contributed by atoms with Crippen molar-refractivity contribution in [1.29, 1.82) is 0 Å². The van der Waals surface area contributed by atoms with Crippen LogP contribution in [-0.4, -0.2) is 8.97 Å². The number of hydrogen-bond acceptors (Lipinski definition) is 0. The summed E-state index contributed by atoms with van der Waals surface area (Å²) >= 11 is 0. The lowest BCUT2D eigenvalue weighted by Gasteiger charge is -2.11. The molecule has 0 amide bonds. The number of para-hydroxylation sites is 3. The number of fused-ring (bicyclic) bond motifs is 9. The molecule has 3 aromatic heterocycles. The van der Waals surface area contributed by atoms with E-state index in [1.807, 2.05) is 0 Å². The normalized spacial score (nSPS) is 12.1. The van der Waals surface area contributed by atoms with Gasteiger partial charge in [-0.25, -0.2) is 0 Å². The number of rotatable bonds is 3. The molecular weight excluding hydrogens is 532 g/mol. The third-order valence-corrected chi connectivity index (χ3v) is 9.44. The fraction of sp³-hybridized carbons (Fsp3) is 0. The van der Waals surface area contributed by atoms with Gasteiger partial charge in [0.2, 0.25) is 0 Å². The second-order valence-electron chi connectivity index (χ2n) is 11.8. The summed E-state index contributed by atoms with van der Waals surface area (Å²) < 4.78 is 4.89. The van der Waals surface area contributed by atoms with Crippen LogP contribution in [0, 0.1) is 0 Å². The summed E-state index contributed by atoms with van der Waals surface area (Å²) in [6.07, 6.45) is 0. The van der Waals surface area contributed by atoms with E-state index in [4.69, 9.17) is 0 Å². The third-order valence-electron chi connectivity index (χ3n) is 9.44. The molecule has 0 unspecified atom stereocenters. The van der Waals surface area contributed by atoms with Crippen LogP contribution in [0.2, 0.25) is 0 Å². The van der Waals surface area contributed by atoms with Crippen LogP contribution < -0.4 is 0 Å². The van der Waals surface area contributed by atoms with Gasteiger partial charge in [0.05, 0.1) is 27.6 Å². The maximum atomic E-state index is 2.46. The highest BCUT2D eigenvalue weighted by atomic mass is 15.0. The van der Waals surface area contributed by atoms with Gasteiger partial charge in [-0.3, -0.25) is 0 Å². The molecule has 10 aromatic rings. The number of hydrogen-bond donors (Lipinski definition) is 0. The molecule has 0 aliphatic heterocycles. The van der Waals surface area contributed by atoms with Crippen molar-refractivity contribution >= 4 is 59.9 Å². The van der Waals surface area contributed by atoms with Crippen molar-refractivity contribution in [3.05, 3.63) is 158 Å². The molecule has 0 saturated heterocycles. The zero-order chi connectivity index (χ0) is 28.8. The molecule has 0 fully saturated rings. The molecule has 7 aromatic carbocycles. The van der Waals surface area contributed by atoms with Crippen LogP contribution in [0.1, 0.15) is 0 Å². The predicted molar refractivity (Wildman–Crippen MR) is 186 cm³/mol. The zero-order valence-corrected chi connectivity index (χ0v) is 23.9. The number of benzene rings is 7. The molecular formula is C42H26N2. The molecule has 10 rings (SSSR count). The summed E-state index contributed by atoms with van der Waals surface area (Å²) in [4.78, 5) is 0. The lowest BCUT2D eigenvalue weighted by molar-refractivity contribution is 1.18. The van der Waals surface area contributed by atoms with Gasteiger partial charge in [0.25, 0.3) is 0 Å². The lowest BCUT2D eigenvalue weighted by Crippen LogP contribution is -1.94. The molecule has 2 heteroatoms. The molecule has 0 radical (unpaired) electrons. The maximum absolute atomic E-state index is 2.46. The SMILES string of the molecule is c1ccc(-c2cccc(-n3c4ccccc4c4ccc(-c5ccc6c7cccc8c9ccccc9n(c6c5)c87)cc43)c2)cc1. The Morgan fingerprint density at radius 2 is 0.818 bits per heavy atom. The molecule has 0 atom stereocenters. The first-order valence-electron chi connectivity index (χ1n) is 15.2. The number of nitrogens with zero attached hydrogens (tertiary/aromatic N) is 2. The van der Waals surface area contributed by atoms with Gasteiger partial charge in [-0.05, 0) is 58.7 Å². The highest BCUT2D eigenvalue weighted by Gasteiger charge is 2.18. The van der Waals surface area contributed by atoms with E-state index in [0.717, 1.165) is 0 Å². The smallest absolute Gasteiger partial charge is 0.0620 e. The molecule has 2 nitrogen and oxygen atoms in total. The second kappa shape index (κ2) is 8.82. The Bertz CT molecular complexity index is 2710. The summed E-state index contributed by atoms with van der Waals surface area (Å²) in [5, 5.41) is 7.77. The van der Waals surface area contributed by atoms with Crippen LogP contribution in [0.15, 0.2) is 158 Å². The van der Waals surface area contributed by atoms with Crippen molar-refractivity contribution < 1.29 is 0 Å². The second-order valence-corrected chi connectivity index (χ2v) is 11.8. The van der Waals surface area contributed by atoms with Crippen molar-refractivity contribution in [2.45, 2.75) is 0 Å². The van der Waals surface area contributed by atoms with Crippen LogP contribution >= 0.6 is 0 Å². The van der Waals surface area contributed by atoms with Crippen LogP contribution in [0.3, 0.4) is 0 Å². The molecule has 204 valence electrons. The monoisotopic (exact) mass is 558 g/mol. The largest absolute Gasteiger partial charge is 0.309 e. The molecule has 0 aliphatic carbocycles. The van der Waals surface area contributed by atoms with Crippen molar-refractivity contribution in [3.63, 3.8) is 0 Å². The van der Waals surface area contributed by atoms with E-state index in [-0.39, 0.29) is 0 Å². The molecule has 0 aliphatic rings. The minimum Gasteiger partial charge on any atom is -0.309 e. The highest BCUT2D eigenvalue weighted by molar-refractivity contribution is 6.23. The van der Waals surface area contributed by atoms with Crippen molar-refractivity contribution in [1.82, 2.24) is 8.97 Å². The Morgan fingerprint density at radius 3 is 1.59 bits per heavy atom. The van der Waals surface area contributed by atoms with Gasteiger partial charge in [-0.15, -0.1) is 0 Å². The third kappa shape index (κ3) is 3.20. The van der Waals surface area contributed by atoms with Crippen LogP contribution in [0.5, 0.6) is 0 Å². The Labute approximate surface area is 254 Å². The zero-order valence-electron chi connectivity index (χ0n) is 23.9. The standard InChI is InChI=1S/C42H26N2/c1-2-10-27(11-3-1)28-12-8-13-31(24-28)43-38-18-6-4-14-32(38)34-22-20-29(25-40(34)43)30-21-23-35-37-17-9-16-36-33-15-5-7-19-39(33)44(42(36)37)41(35)26-30/h1-26H. The first-order chi connectivity index (χ1) is 21.8. The minimum atomic E-state index is 1.17. The summed E-state index contributed by atoms with van der Waals surface area (Å²) in [5.74, 6) is 0. The van der Waals surface area contributed by atoms with Crippen LogP contribution in [-0.2, 0) is 0 Å². The number of aromatic nitrogens is 2. The van der Waals surface area contributed by atoms with Gasteiger partial charge in [-0.2, -0.15) is 0 Å². The summed E-state index contributed by atoms with van der Waals surface area (Å²) in [7, 11) is 0. The van der Waals surface area contributed by atoms with Crippen LogP contribution in [0.4, 0.5) is 0 Å². The maximum Gasteiger partial charge on any atom is 0.0620 e. The van der Waals surface area contributed by atoms with E-state index in [1.165, 1.54) is 87.8 Å². The molecule has 0 spiro atoms. The van der Waals surface area contributed by atoms with Gasteiger partial charge in [0.1, 0.15) is 0 Å². The van der Waals surface area contributed by atoms with E-state index >= 15 is 0 Å². The highest BCUT2D eigenvalue weighted by Crippen LogP contribution is 2.41. The van der Waals surface area contributed by atoms with Gasteiger partial charge in [0, 0.05) is 38.0 Å². The average Bonchev–Trinajstić information content (AvgIpc) is 3.73. The Balaban J connectivity index is 1.22. The van der Waals surface area contributed by atoms with Crippen LogP contribution in [0.25, 0.3) is 87.8 Å². The van der Waals surface area contributed by atoms with Gasteiger partial charge < -0.3 is 8.97 Å². The van der Waals surface area contributed by atoms with Crippen molar-refractivity contribution in [2.24, 2.45) is 0 Å². The van der Waals surface area contributed by atoms with E-state index < -0.39 is 0 Å². The average molecular weight is 559 g/mol. The van der Waals surface area contributed by atoms with E-state index in [0.29, 0.717) is 0 Å². The fourth-order valence-corrected chi connectivity index (χ4v) is 7.49. The van der Waals surface area contributed by atoms with Gasteiger partial charge in [0.15, 0.2) is 0 Å². The Kier molecular flexibility index (Phi) is 4.75. The molecule has 44 heavy (non-hydrogen) atoms. The van der Waals surface area contributed by atoms with Gasteiger partial charge >= 0.3 is 0 Å². The van der Waals surface area contributed by atoms with E-state index in [1.54, 1.807) is 0 Å². The molecule has 0 bridgehead atoms. The quantitative estimate of drug-likeness (QED) is 0.204. The summed E-state index contributed by atoms with van der Waals surface area (Å²) in [5.41, 5.74) is 12.3. The molecule has 0 saturated carbocycles. The molecule has 3 heterocycles.